The highest BCUT2D eigenvalue weighted by Gasteiger charge is 2.13. The Morgan fingerprint density at radius 3 is 2.31 bits per heavy atom. The second-order valence-electron chi connectivity index (χ2n) is 9.83. The average Bonchev–Trinajstić information content (AvgIpc) is 2.95. The summed E-state index contributed by atoms with van der Waals surface area (Å²) in [6, 6.07) is 30.3. The Balaban J connectivity index is 0.000000172. The number of halogens is 3. The van der Waals surface area contributed by atoms with Gasteiger partial charge in [0.15, 0.2) is 0 Å². The van der Waals surface area contributed by atoms with E-state index < -0.39 is 0 Å². The number of benzene rings is 5. The van der Waals surface area contributed by atoms with Crippen molar-refractivity contribution < 1.29 is 4.39 Å². The summed E-state index contributed by atoms with van der Waals surface area (Å²) in [6.45, 7) is 0. The first-order valence-electron chi connectivity index (χ1n) is 12.9. The van der Waals surface area contributed by atoms with Crippen LogP contribution in [-0.2, 0) is 19.3 Å². The lowest BCUT2D eigenvalue weighted by Gasteiger charge is -2.18. The van der Waals surface area contributed by atoms with E-state index in [0.29, 0.717) is 6.42 Å². The number of hydrogen-bond acceptors (Lipinski definition) is 2. The van der Waals surface area contributed by atoms with Crippen LogP contribution in [0, 0.1) is 5.82 Å². The van der Waals surface area contributed by atoms with Gasteiger partial charge in [-0.25, -0.2) is 4.39 Å². The third-order valence-electron chi connectivity index (χ3n) is 7.49. The van der Waals surface area contributed by atoms with E-state index in [1.54, 1.807) is 23.4 Å². The lowest BCUT2D eigenvalue weighted by molar-refractivity contribution is 0.629. The van der Waals surface area contributed by atoms with E-state index in [1.807, 2.05) is 30.5 Å². The quantitative estimate of drug-likeness (QED) is 0.170. The molecule has 0 aliphatic heterocycles. The van der Waals surface area contributed by atoms with Crippen LogP contribution in [-0.4, -0.2) is 4.98 Å². The Kier molecular flexibility index (Phi) is 9.06. The molecule has 2 N–H and O–H groups in total. The van der Waals surface area contributed by atoms with Crippen molar-refractivity contribution in [2.45, 2.75) is 32.1 Å². The van der Waals surface area contributed by atoms with E-state index in [9.17, 15) is 4.39 Å². The van der Waals surface area contributed by atoms with Crippen molar-refractivity contribution in [3.05, 3.63) is 131 Å². The summed E-state index contributed by atoms with van der Waals surface area (Å²) in [7, 11) is 0. The van der Waals surface area contributed by atoms with Gasteiger partial charge < -0.3 is 5.73 Å². The van der Waals surface area contributed by atoms with Crippen LogP contribution in [0.4, 0.5) is 10.1 Å². The summed E-state index contributed by atoms with van der Waals surface area (Å²) in [5.41, 5.74) is 12.1. The van der Waals surface area contributed by atoms with Crippen LogP contribution in [0.1, 0.15) is 35.1 Å². The Hall–Kier alpha value is -3.66. The van der Waals surface area contributed by atoms with Gasteiger partial charge in [-0.1, -0.05) is 66.7 Å². The van der Waals surface area contributed by atoms with Crippen LogP contribution in [0.3, 0.4) is 0 Å². The van der Waals surface area contributed by atoms with Gasteiger partial charge in [0.25, 0.3) is 0 Å². The highest BCUT2D eigenvalue weighted by molar-refractivity contribution is 6.08. The van der Waals surface area contributed by atoms with Crippen LogP contribution < -0.4 is 5.73 Å². The largest absolute Gasteiger partial charge is 0.398 e. The number of nitrogens with two attached hydrogens (primary N) is 1. The maximum Gasteiger partial charge on any atom is 0.123 e. The molecule has 7 rings (SSSR count). The third kappa shape index (κ3) is 5.85. The van der Waals surface area contributed by atoms with E-state index in [1.165, 1.54) is 59.4 Å². The van der Waals surface area contributed by atoms with Crippen LogP contribution in [0.15, 0.2) is 103 Å². The van der Waals surface area contributed by atoms with Gasteiger partial charge in [0.2, 0.25) is 0 Å². The molecule has 0 unspecified atom stereocenters. The molecule has 0 bridgehead atoms. The molecule has 0 atom stereocenters. The SMILES string of the molecule is Cl.Cl.Nc1ccc2cc(F)ccc2c1Cc1cccnc1.c1ccc2c(c1)ccc1c3c(ccc12)CCCC3. The molecule has 6 aromatic rings. The summed E-state index contributed by atoms with van der Waals surface area (Å²) in [6.07, 6.45) is 9.48. The third-order valence-corrected chi connectivity index (χ3v) is 7.49. The van der Waals surface area contributed by atoms with Crippen molar-refractivity contribution in [1.82, 2.24) is 4.98 Å². The first kappa shape index (κ1) is 28.4. The summed E-state index contributed by atoms with van der Waals surface area (Å²) in [5.74, 6) is -0.232. The van der Waals surface area contributed by atoms with Gasteiger partial charge in [0.05, 0.1) is 0 Å². The maximum atomic E-state index is 13.3. The lowest BCUT2D eigenvalue weighted by atomic mass is 9.86. The van der Waals surface area contributed by atoms with Crippen LogP contribution in [0.25, 0.3) is 32.3 Å². The van der Waals surface area contributed by atoms with Crippen molar-refractivity contribution in [1.29, 1.82) is 0 Å². The van der Waals surface area contributed by atoms with Gasteiger partial charge in [-0.3, -0.25) is 4.98 Å². The molecule has 0 spiro atoms. The zero-order valence-electron chi connectivity index (χ0n) is 21.6. The highest BCUT2D eigenvalue weighted by Crippen LogP contribution is 2.33. The molecule has 0 saturated heterocycles. The van der Waals surface area contributed by atoms with Gasteiger partial charge in [-0.15, -0.1) is 24.8 Å². The van der Waals surface area contributed by atoms with Crippen molar-refractivity contribution in [3.63, 3.8) is 0 Å². The van der Waals surface area contributed by atoms with Crippen molar-refractivity contribution in [2.24, 2.45) is 0 Å². The van der Waals surface area contributed by atoms with Gasteiger partial charge in [0, 0.05) is 24.5 Å². The van der Waals surface area contributed by atoms with Crippen LogP contribution in [0.2, 0.25) is 0 Å². The molecule has 5 heteroatoms. The topological polar surface area (TPSA) is 38.9 Å². The number of fused-ring (bicyclic) bond motifs is 6. The molecular formula is C34H31Cl2FN2. The first-order chi connectivity index (χ1) is 18.2. The van der Waals surface area contributed by atoms with Gasteiger partial charge in [0.1, 0.15) is 5.82 Å². The second kappa shape index (κ2) is 12.5. The molecule has 0 amide bonds. The van der Waals surface area contributed by atoms with E-state index in [-0.39, 0.29) is 30.6 Å². The normalized spacial score (nSPS) is 12.1. The molecule has 1 aliphatic carbocycles. The predicted molar refractivity (Wildman–Crippen MR) is 168 cm³/mol. The number of aryl methyl sites for hydroxylation is 2. The minimum atomic E-state index is -0.232. The number of nitrogens with zero attached hydrogens (tertiary/aromatic N) is 1. The zero-order valence-corrected chi connectivity index (χ0v) is 23.2. The van der Waals surface area contributed by atoms with Gasteiger partial charge >= 0.3 is 0 Å². The summed E-state index contributed by atoms with van der Waals surface area (Å²) >= 11 is 0. The van der Waals surface area contributed by atoms with Gasteiger partial charge in [-0.2, -0.15) is 0 Å². The Labute approximate surface area is 240 Å². The highest BCUT2D eigenvalue weighted by atomic mass is 35.5. The van der Waals surface area contributed by atoms with Crippen molar-refractivity contribution in [3.8, 4) is 0 Å². The minimum Gasteiger partial charge on any atom is -0.398 e. The molecule has 1 aromatic heterocycles. The number of aromatic nitrogens is 1. The number of pyridine rings is 1. The van der Waals surface area contributed by atoms with E-state index >= 15 is 0 Å². The molecule has 1 heterocycles. The first-order valence-corrected chi connectivity index (χ1v) is 12.9. The van der Waals surface area contributed by atoms with Gasteiger partial charge in [-0.05, 0) is 105 Å². The van der Waals surface area contributed by atoms with Crippen LogP contribution >= 0.6 is 24.8 Å². The number of hydrogen-bond donors (Lipinski definition) is 1. The molecule has 0 saturated carbocycles. The molecule has 39 heavy (non-hydrogen) atoms. The smallest absolute Gasteiger partial charge is 0.123 e. The number of anilines is 1. The Morgan fingerprint density at radius 2 is 1.46 bits per heavy atom. The van der Waals surface area contributed by atoms with E-state index in [2.05, 4.69) is 53.5 Å². The standard InChI is InChI=1S/C18H16.C16H13FN2.2ClH/c1-3-7-15-13(5-1)9-11-18-16-8-4-2-6-14(16)10-12-17(15)18;17-13-4-5-14-12(9-13)3-6-16(18)15(14)8-11-2-1-7-19-10-11;;/h1,3,5,7,9-12H,2,4,6,8H2;1-7,9-10H,8,18H2;2*1H. The molecule has 198 valence electrons. The monoisotopic (exact) mass is 556 g/mol. The fraction of sp³-hybridized carbons (Fsp3) is 0.147. The average molecular weight is 558 g/mol. The molecule has 1 aliphatic rings. The fourth-order valence-corrected chi connectivity index (χ4v) is 5.63. The summed E-state index contributed by atoms with van der Waals surface area (Å²) < 4.78 is 13.3. The Morgan fingerprint density at radius 1 is 0.692 bits per heavy atom. The number of nitrogen functional groups attached to an aromatic ring is 1. The molecule has 5 aromatic carbocycles. The summed E-state index contributed by atoms with van der Waals surface area (Å²) in [4.78, 5) is 4.10. The second-order valence-corrected chi connectivity index (χ2v) is 9.83. The maximum absolute atomic E-state index is 13.3. The molecule has 0 fully saturated rings. The van der Waals surface area contributed by atoms with Crippen LogP contribution in [0.5, 0.6) is 0 Å². The Bertz CT molecular complexity index is 1740. The molecule has 2 nitrogen and oxygen atoms in total. The molecular weight excluding hydrogens is 526 g/mol. The fourth-order valence-electron chi connectivity index (χ4n) is 5.63. The predicted octanol–water partition coefficient (Wildman–Crippen LogP) is 9.26. The number of rotatable bonds is 2. The zero-order chi connectivity index (χ0) is 25.2. The van der Waals surface area contributed by atoms with E-state index in [0.717, 1.165) is 27.6 Å². The van der Waals surface area contributed by atoms with Crippen molar-refractivity contribution >= 4 is 62.8 Å². The lowest BCUT2D eigenvalue weighted by Crippen LogP contribution is -2.02. The summed E-state index contributed by atoms with van der Waals surface area (Å²) in [5, 5.41) is 7.50. The molecule has 0 radical (unpaired) electrons. The van der Waals surface area contributed by atoms with Crippen molar-refractivity contribution in [2.75, 3.05) is 5.73 Å². The van der Waals surface area contributed by atoms with E-state index in [4.69, 9.17) is 5.73 Å². The minimum absolute atomic E-state index is 0.